The number of aromatic nitrogens is 1. The molecular formula is C22H15FN2S. The van der Waals surface area contributed by atoms with E-state index in [1.165, 1.54) is 17.8 Å². The summed E-state index contributed by atoms with van der Waals surface area (Å²) in [5.74, 6) is 5.80. The molecule has 0 amide bonds. The third kappa shape index (κ3) is 4.29. The quantitative estimate of drug-likeness (QED) is 0.347. The molecule has 1 heterocycles. The van der Waals surface area contributed by atoms with Gasteiger partial charge >= 0.3 is 0 Å². The normalized spacial score (nSPS) is 9.77. The number of aryl methyl sites for hydroxylation is 1. The lowest BCUT2D eigenvalue weighted by molar-refractivity contribution is 0.626. The fourth-order valence-electron chi connectivity index (χ4n) is 2.43. The smallest absolute Gasteiger partial charge is 0.151 e. The van der Waals surface area contributed by atoms with Crippen LogP contribution < -0.4 is 0 Å². The summed E-state index contributed by atoms with van der Waals surface area (Å²) < 4.78 is 14.2. The van der Waals surface area contributed by atoms with Gasteiger partial charge in [-0.2, -0.15) is 4.99 Å². The van der Waals surface area contributed by atoms with Gasteiger partial charge in [-0.15, -0.1) is 0 Å². The third-order valence-electron chi connectivity index (χ3n) is 3.87. The molecule has 2 aromatic carbocycles. The van der Waals surface area contributed by atoms with Gasteiger partial charge in [0.15, 0.2) is 5.82 Å². The Hall–Kier alpha value is -3.12. The van der Waals surface area contributed by atoms with E-state index in [9.17, 15) is 4.39 Å². The van der Waals surface area contributed by atoms with Crippen LogP contribution in [-0.4, -0.2) is 10.1 Å². The van der Waals surface area contributed by atoms with Crippen molar-refractivity contribution >= 4 is 23.1 Å². The number of nitrogens with zero attached hydrogens (tertiary/aromatic N) is 2. The maximum atomic E-state index is 14.2. The SMILES string of the molecule is CCc1ccc(C#Cc2ccc(-c3ncc(N=C=S)cc3F)cc2)cc1. The van der Waals surface area contributed by atoms with E-state index in [4.69, 9.17) is 0 Å². The van der Waals surface area contributed by atoms with Crippen molar-refractivity contribution < 1.29 is 4.39 Å². The number of halogens is 1. The van der Waals surface area contributed by atoms with E-state index in [0.29, 0.717) is 11.3 Å². The second-order valence-electron chi connectivity index (χ2n) is 5.60. The van der Waals surface area contributed by atoms with Crippen molar-refractivity contribution in [1.29, 1.82) is 0 Å². The van der Waals surface area contributed by atoms with E-state index in [1.54, 1.807) is 12.1 Å². The summed E-state index contributed by atoms with van der Waals surface area (Å²) in [6, 6.07) is 16.8. The topological polar surface area (TPSA) is 25.2 Å². The lowest BCUT2D eigenvalue weighted by Crippen LogP contribution is -1.89. The Balaban J connectivity index is 1.80. The molecule has 0 saturated carbocycles. The predicted molar refractivity (Wildman–Crippen MR) is 106 cm³/mol. The number of aliphatic imine (C=N–C) groups is 1. The molecule has 3 rings (SSSR count). The van der Waals surface area contributed by atoms with Crippen LogP contribution in [0, 0.1) is 17.7 Å². The van der Waals surface area contributed by atoms with Crippen LogP contribution in [0.1, 0.15) is 23.6 Å². The average molecular weight is 358 g/mol. The first-order valence-corrected chi connectivity index (χ1v) is 8.55. The van der Waals surface area contributed by atoms with Gasteiger partial charge < -0.3 is 0 Å². The lowest BCUT2D eigenvalue weighted by atomic mass is 10.1. The highest BCUT2D eigenvalue weighted by Crippen LogP contribution is 2.23. The molecule has 0 N–H and O–H groups in total. The molecule has 2 nitrogen and oxygen atoms in total. The zero-order valence-corrected chi connectivity index (χ0v) is 15.0. The van der Waals surface area contributed by atoms with Gasteiger partial charge in [-0.05, 0) is 48.5 Å². The van der Waals surface area contributed by atoms with Gasteiger partial charge in [0.1, 0.15) is 5.69 Å². The van der Waals surface area contributed by atoms with E-state index >= 15 is 0 Å². The first kappa shape index (κ1) is 17.7. The number of isothiocyanates is 1. The number of rotatable bonds is 3. The first-order chi connectivity index (χ1) is 12.7. The fourth-order valence-corrected chi connectivity index (χ4v) is 2.54. The molecule has 0 aliphatic heterocycles. The van der Waals surface area contributed by atoms with Crippen LogP contribution in [0.2, 0.25) is 0 Å². The van der Waals surface area contributed by atoms with Crippen molar-refractivity contribution in [1.82, 2.24) is 4.98 Å². The van der Waals surface area contributed by atoms with Gasteiger partial charge in [0.05, 0.1) is 17.0 Å². The molecule has 0 radical (unpaired) electrons. The van der Waals surface area contributed by atoms with Crippen molar-refractivity contribution in [2.75, 3.05) is 0 Å². The van der Waals surface area contributed by atoms with E-state index in [1.807, 2.05) is 24.3 Å². The summed E-state index contributed by atoms with van der Waals surface area (Å²) in [6.45, 7) is 2.12. The standard InChI is InChI=1S/C22H15FN2S/c1-2-16-3-5-17(6-4-16)7-8-18-9-11-19(12-10-18)22-21(23)13-20(14-24-22)25-15-26/h3-6,9-14H,2H2,1H3. The van der Waals surface area contributed by atoms with Crippen LogP contribution in [0.25, 0.3) is 11.3 Å². The molecule has 0 atom stereocenters. The molecular weight excluding hydrogens is 343 g/mol. The van der Waals surface area contributed by atoms with Gasteiger partial charge in [0.2, 0.25) is 0 Å². The Morgan fingerprint density at radius 1 is 1.00 bits per heavy atom. The van der Waals surface area contributed by atoms with Crippen molar-refractivity contribution in [2.45, 2.75) is 13.3 Å². The van der Waals surface area contributed by atoms with Crippen LogP contribution >= 0.6 is 12.2 Å². The summed E-state index contributed by atoms with van der Waals surface area (Å²) in [7, 11) is 0. The third-order valence-corrected chi connectivity index (χ3v) is 3.96. The Morgan fingerprint density at radius 2 is 1.62 bits per heavy atom. The average Bonchev–Trinajstić information content (AvgIpc) is 2.68. The van der Waals surface area contributed by atoms with Crippen molar-refractivity contribution in [2.24, 2.45) is 4.99 Å². The summed E-state index contributed by atoms with van der Waals surface area (Å²) >= 11 is 4.51. The number of benzene rings is 2. The molecule has 0 spiro atoms. The number of thiocarbonyl (C=S) groups is 1. The zero-order valence-electron chi connectivity index (χ0n) is 14.2. The molecule has 0 aliphatic rings. The molecule has 1 aromatic heterocycles. The fraction of sp³-hybridized carbons (Fsp3) is 0.0909. The molecule has 0 saturated heterocycles. The highest BCUT2D eigenvalue weighted by atomic mass is 32.1. The van der Waals surface area contributed by atoms with Crippen molar-refractivity contribution in [3.63, 3.8) is 0 Å². The Kier molecular flexibility index (Phi) is 5.66. The molecule has 126 valence electrons. The van der Waals surface area contributed by atoms with Gasteiger partial charge in [-0.3, -0.25) is 4.98 Å². The van der Waals surface area contributed by atoms with Gasteiger partial charge in [0, 0.05) is 22.8 Å². The van der Waals surface area contributed by atoms with E-state index in [0.717, 1.165) is 17.5 Å². The largest absolute Gasteiger partial charge is 0.251 e. The maximum Gasteiger partial charge on any atom is 0.151 e. The van der Waals surface area contributed by atoms with Gasteiger partial charge in [-0.1, -0.05) is 43.0 Å². The maximum absolute atomic E-state index is 14.2. The first-order valence-electron chi connectivity index (χ1n) is 8.14. The summed E-state index contributed by atoms with van der Waals surface area (Å²) in [5.41, 5.74) is 4.40. The molecule has 26 heavy (non-hydrogen) atoms. The highest BCUT2D eigenvalue weighted by Gasteiger charge is 2.07. The Morgan fingerprint density at radius 3 is 2.15 bits per heavy atom. The molecule has 0 aliphatic carbocycles. The van der Waals surface area contributed by atoms with Crippen LogP contribution in [0.5, 0.6) is 0 Å². The molecule has 0 bridgehead atoms. The second kappa shape index (κ2) is 8.31. The van der Waals surface area contributed by atoms with Crippen LogP contribution in [0.4, 0.5) is 10.1 Å². The number of pyridine rings is 1. The molecule has 4 heteroatoms. The number of hydrogen-bond acceptors (Lipinski definition) is 3. The zero-order chi connectivity index (χ0) is 18.4. The predicted octanol–water partition coefficient (Wildman–Crippen LogP) is 5.58. The Labute approximate surface area is 157 Å². The summed E-state index contributed by atoms with van der Waals surface area (Å²) in [5, 5.41) is 2.20. The van der Waals surface area contributed by atoms with Crippen molar-refractivity contribution in [3.05, 3.63) is 83.3 Å². The highest BCUT2D eigenvalue weighted by molar-refractivity contribution is 7.78. The Bertz CT molecular complexity index is 1020. The molecule has 3 aromatic rings. The lowest BCUT2D eigenvalue weighted by Gasteiger charge is -2.03. The van der Waals surface area contributed by atoms with Crippen molar-refractivity contribution in [3.8, 4) is 23.1 Å². The van der Waals surface area contributed by atoms with E-state index in [2.05, 4.69) is 58.3 Å². The van der Waals surface area contributed by atoms with E-state index in [-0.39, 0.29) is 5.69 Å². The minimum absolute atomic E-state index is 0.267. The monoisotopic (exact) mass is 358 g/mol. The van der Waals surface area contributed by atoms with Crippen LogP contribution in [0.15, 0.2) is 65.8 Å². The van der Waals surface area contributed by atoms with Crippen LogP contribution in [0.3, 0.4) is 0 Å². The number of hydrogen-bond donors (Lipinski definition) is 0. The second-order valence-corrected chi connectivity index (χ2v) is 5.79. The summed E-state index contributed by atoms with van der Waals surface area (Å²) in [4.78, 5) is 7.84. The van der Waals surface area contributed by atoms with Crippen LogP contribution in [-0.2, 0) is 6.42 Å². The minimum atomic E-state index is -0.452. The van der Waals surface area contributed by atoms with Gasteiger partial charge in [0.25, 0.3) is 0 Å². The molecule has 0 unspecified atom stereocenters. The summed E-state index contributed by atoms with van der Waals surface area (Å²) in [6.07, 6.45) is 2.48. The van der Waals surface area contributed by atoms with Gasteiger partial charge in [-0.25, -0.2) is 4.39 Å². The van der Waals surface area contributed by atoms with E-state index < -0.39 is 5.82 Å². The minimum Gasteiger partial charge on any atom is -0.251 e. The molecule has 0 fully saturated rings.